The summed E-state index contributed by atoms with van der Waals surface area (Å²) in [5.74, 6) is 18.1. The number of rotatable bonds is 0. The Labute approximate surface area is 117 Å². The van der Waals surface area contributed by atoms with E-state index in [9.17, 15) is 0 Å². The molecular formula is C17H20S2. The summed E-state index contributed by atoms with van der Waals surface area (Å²) < 4.78 is 0. The minimum atomic E-state index is -1.34. The van der Waals surface area contributed by atoms with Gasteiger partial charge in [-0.2, -0.15) is 18.4 Å². The summed E-state index contributed by atoms with van der Waals surface area (Å²) in [5, 5.41) is 0.759. The van der Waals surface area contributed by atoms with Crippen molar-refractivity contribution in [2.75, 3.05) is 0 Å². The van der Waals surface area contributed by atoms with Crippen LogP contribution in [0.2, 0.25) is 0 Å². The Kier molecular flexibility index (Phi) is 2.67. The second kappa shape index (κ2) is 3.94. The van der Waals surface area contributed by atoms with Crippen LogP contribution < -0.4 is 0 Å². The van der Waals surface area contributed by atoms with Crippen LogP contribution in [0.4, 0.5) is 0 Å². The van der Waals surface area contributed by atoms with Crippen molar-refractivity contribution in [3.8, 4) is 0 Å². The molecule has 2 heteroatoms. The summed E-state index contributed by atoms with van der Waals surface area (Å²) >= 11 is 0. The molecule has 1 heterocycles. The van der Waals surface area contributed by atoms with Crippen LogP contribution in [0.3, 0.4) is 0 Å². The first-order chi connectivity index (χ1) is 8.87. The molecule has 0 aromatic heterocycles. The molecule has 0 nitrogen and oxygen atoms in total. The van der Waals surface area contributed by atoms with Gasteiger partial charge in [-0.3, -0.25) is 0 Å². The van der Waals surface area contributed by atoms with Crippen molar-refractivity contribution in [1.29, 1.82) is 0 Å². The van der Waals surface area contributed by atoms with E-state index in [-0.39, 0.29) is 0 Å². The molecule has 1 aromatic carbocycles. The lowest BCUT2D eigenvalue weighted by atomic mass is 10.1. The second-order valence-corrected chi connectivity index (χ2v) is 11.2. The van der Waals surface area contributed by atoms with E-state index < -0.39 is 18.4 Å². The molecule has 0 radical (unpaired) electrons. The van der Waals surface area contributed by atoms with Gasteiger partial charge in [-0.05, 0) is 19.1 Å². The molecule has 1 aliphatic heterocycles. The molecule has 100 valence electrons. The minimum absolute atomic E-state index is 0.373. The van der Waals surface area contributed by atoms with Gasteiger partial charge >= 0.3 is 0 Å². The maximum atomic E-state index is 4.53. The van der Waals surface area contributed by atoms with E-state index in [1.165, 1.54) is 15.4 Å². The average molecular weight is 288 g/mol. The predicted molar refractivity (Wildman–Crippen MR) is 97.1 cm³/mol. The molecule has 1 aliphatic carbocycles. The Hall–Kier alpha value is -1.12. The van der Waals surface area contributed by atoms with E-state index >= 15 is 0 Å². The first kappa shape index (κ1) is 12.9. The third-order valence-corrected chi connectivity index (χ3v) is 10.0. The summed E-state index contributed by atoms with van der Waals surface area (Å²) in [7, 11) is -2.68. The number of benzene rings is 1. The largest absolute Gasteiger partial charge is 0.179 e. The topological polar surface area (TPSA) is 0 Å². The van der Waals surface area contributed by atoms with Gasteiger partial charge in [0.25, 0.3) is 0 Å². The van der Waals surface area contributed by atoms with Crippen molar-refractivity contribution < 1.29 is 0 Å². The van der Waals surface area contributed by atoms with E-state index in [1.54, 1.807) is 0 Å². The fourth-order valence-corrected chi connectivity index (χ4v) is 10.1. The lowest BCUT2D eigenvalue weighted by Crippen LogP contribution is -2.31. The van der Waals surface area contributed by atoms with Gasteiger partial charge in [0.1, 0.15) is 0 Å². The lowest BCUT2D eigenvalue weighted by molar-refractivity contribution is 0.968. The molecule has 19 heavy (non-hydrogen) atoms. The smallest absolute Gasteiger partial charge is 0.0343 e. The van der Waals surface area contributed by atoms with Crippen molar-refractivity contribution in [3.63, 3.8) is 0 Å². The van der Waals surface area contributed by atoms with Crippen molar-refractivity contribution in [1.82, 2.24) is 0 Å². The molecule has 0 saturated heterocycles. The molecule has 2 unspecified atom stereocenters. The van der Waals surface area contributed by atoms with E-state index in [1.807, 2.05) is 0 Å². The summed E-state index contributed by atoms with van der Waals surface area (Å²) in [5.41, 5.74) is 1.38. The van der Waals surface area contributed by atoms with Crippen LogP contribution in [0, 0.1) is 0 Å². The van der Waals surface area contributed by atoms with Gasteiger partial charge in [0, 0.05) is 20.3 Å². The Bertz CT molecular complexity index is 801. The monoisotopic (exact) mass is 288 g/mol. The van der Waals surface area contributed by atoms with Gasteiger partial charge in [0.05, 0.1) is 0 Å². The van der Waals surface area contributed by atoms with Crippen molar-refractivity contribution >= 4 is 41.9 Å². The highest BCUT2D eigenvalue weighted by Gasteiger charge is 2.37. The van der Waals surface area contributed by atoms with Gasteiger partial charge in [0.15, 0.2) is 0 Å². The first-order valence-corrected chi connectivity index (χ1v) is 10.3. The van der Waals surface area contributed by atoms with Crippen LogP contribution in [0.15, 0.2) is 57.9 Å². The molecule has 0 bridgehead atoms. The highest BCUT2D eigenvalue weighted by molar-refractivity contribution is 8.34. The number of fused-ring (bicyclic) bond motifs is 2. The number of hydrogen-bond acceptors (Lipinski definition) is 0. The zero-order valence-electron chi connectivity index (χ0n) is 11.3. The van der Waals surface area contributed by atoms with Crippen LogP contribution in [0.1, 0.15) is 6.92 Å². The Balaban J connectivity index is 2.44. The maximum absolute atomic E-state index is 4.53. The Morgan fingerprint density at radius 2 is 1.53 bits per heavy atom. The van der Waals surface area contributed by atoms with Gasteiger partial charge in [-0.15, -0.1) is 0 Å². The first-order valence-electron chi connectivity index (χ1n) is 6.27. The van der Waals surface area contributed by atoms with Gasteiger partial charge < -0.3 is 0 Å². The fourth-order valence-electron chi connectivity index (χ4n) is 3.18. The summed E-state index contributed by atoms with van der Waals surface area (Å²) in [6.07, 6.45) is 6.63. The maximum Gasteiger partial charge on any atom is 0.0343 e. The minimum Gasteiger partial charge on any atom is -0.179 e. The highest BCUT2D eigenvalue weighted by atomic mass is 32.2. The van der Waals surface area contributed by atoms with Crippen molar-refractivity contribution in [2.24, 2.45) is 0 Å². The fraction of sp³-hybridized carbons (Fsp3) is 0.176. The lowest BCUT2D eigenvalue weighted by Gasteiger charge is -2.45. The van der Waals surface area contributed by atoms with Crippen molar-refractivity contribution in [2.45, 2.75) is 27.2 Å². The summed E-state index contributed by atoms with van der Waals surface area (Å²) in [6.45, 7) is 2.20. The number of hydrogen-bond donors (Lipinski definition) is 0. The van der Waals surface area contributed by atoms with Gasteiger partial charge in [0.2, 0.25) is 0 Å². The predicted octanol–water partition coefficient (Wildman–Crippen LogP) is 4.01. The molecule has 0 fully saturated rings. The zero-order chi connectivity index (χ0) is 13.8. The highest BCUT2D eigenvalue weighted by Crippen LogP contribution is 2.60. The SMILES string of the molecule is C=S1(=C)c2ccccc2S(=C)(=C)C2C(C)=CC=CC21. The molecule has 0 spiro atoms. The third kappa shape index (κ3) is 1.63. The molecule has 0 N–H and O–H groups in total. The Morgan fingerprint density at radius 1 is 0.947 bits per heavy atom. The number of allylic oxidation sites excluding steroid dienone is 2. The van der Waals surface area contributed by atoms with E-state index in [4.69, 9.17) is 0 Å². The molecule has 0 amide bonds. The van der Waals surface area contributed by atoms with Gasteiger partial charge in [-0.1, -0.05) is 59.4 Å². The average Bonchev–Trinajstić information content (AvgIpc) is 2.37. The molecule has 2 atom stereocenters. The summed E-state index contributed by atoms with van der Waals surface area (Å²) in [4.78, 5) is 2.61. The molecule has 0 saturated carbocycles. The van der Waals surface area contributed by atoms with Crippen LogP contribution in [0.25, 0.3) is 0 Å². The molecular weight excluding hydrogens is 268 g/mol. The standard InChI is InChI=1S/C17H20S2/c1-13-9-8-12-16-17(13)19(4,5)15-11-7-6-10-14(15)18(16,2)3/h6-12,16-17H,2-5H2,1H3. The Morgan fingerprint density at radius 3 is 2.16 bits per heavy atom. The second-order valence-electron chi connectivity index (χ2n) is 5.52. The quantitative estimate of drug-likeness (QED) is 0.633. The van der Waals surface area contributed by atoms with E-state index in [0.717, 1.165) is 0 Å². The van der Waals surface area contributed by atoms with E-state index in [2.05, 4.69) is 72.9 Å². The molecule has 3 rings (SSSR count). The zero-order valence-corrected chi connectivity index (χ0v) is 13.0. The normalized spacial score (nSPS) is 30.1. The van der Waals surface area contributed by atoms with Crippen molar-refractivity contribution in [3.05, 3.63) is 48.1 Å². The van der Waals surface area contributed by atoms with Crippen LogP contribution in [-0.4, -0.2) is 34.0 Å². The van der Waals surface area contributed by atoms with Crippen LogP contribution in [-0.2, 0) is 0 Å². The van der Waals surface area contributed by atoms with E-state index in [0.29, 0.717) is 10.5 Å². The molecule has 1 aromatic rings. The third-order valence-electron chi connectivity index (χ3n) is 4.14. The molecule has 2 aliphatic rings. The van der Waals surface area contributed by atoms with Crippen LogP contribution >= 0.6 is 18.4 Å². The summed E-state index contributed by atoms with van der Waals surface area (Å²) in [6, 6.07) is 8.54. The van der Waals surface area contributed by atoms with Crippen LogP contribution in [0.5, 0.6) is 0 Å². The van der Waals surface area contributed by atoms with Gasteiger partial charge in [-0.25, -0.2) is 0 Å².